The van der Waals surface area contributed by atoms with Gasteiger partial charge in [0.1, 0.15) is 0 Å². The van der Waals surface area contributed by atoms with Crippen molar-refractivity contribution in [3.63, 3.8) is 0 Å². The van der Waals surface area contributed by atoms with E-state index in [4.69, 9.17) is 0 Å². The minimum absolute atomic E-state index is 0.474. The van der Waals surface area contributed by atoms with E-state index in [-0.39, 0.29) is 0 Å². The summed E-state index contributed by atoms with van der Waals surface area (Å²) in [6, 6.07) is 0. The molecule has 1 aromatic rings. The minimum Gasteiger partial charge on any atom is -0.268 e. The maximum atomic E-state index is 4.55. The van der Waals surface area contributed by atoms with Crippen LogP contribution in [0.4, 0.5) is 0 Å². The molecular weight excluding hydrogens is 332 g/mol. The predicted molar refractivity (Wildman–Crippen MR) is 74.1 cm³/mol. The summed E-state index contributed by atoms with van der Waals surface area (Å²) in [6.07, 6.45) is 3.80. The number of halogens is 2. The zero-order valence-corrected chi connectivity index (χ0v) is 13.2. The maximum absolute atomic E-state index is 4.55. The normalized spacial score (nSPS) is 19.8. The number of alkyl halides is 1. The second kappa shape index (κ2) is 4.45. The first kappa shape index (κ1) is 12.6. The fraction of sp³-hybridized carbons (Fsp3) is 0.750. The fourth-order valence-electron chi connectivity index (χ4n) is 2.25. The monoisotopic (exact) mass is 348 g/mol. The van der Waals surface area contributed by atoms with E-state index in [1.807, 2.05) is 0 Å². The first-order valence-electron chi connectivity index (χ1n) is 5.86. The zero-order chi connectivity index (χ0) is 11.9. The average molecular weight is 350 g/mol. The lowest BCUT2D eigenvalue weighted by molar-refractivity contribution is 0.476. The van der Waals surface area contributed by atoms with Gasteiger partial charge in [-0.25, -0.2) is 0 Å². The Balaban J connectivity index is 2.27. The van der Waals surface area contributed by atoms with Crippen molar-refractivity contribution in [1.82, 2.24) is 9.78 Å². The van der Waals surface area contributed by atoms with E-state index in [1.54, 1.807) is 0 Å². The molecular formula is C12H18Br2N2. The molecule has 0 aromatic carbocycles. The van der Waals surface area contributed by atoms with Crippen molar-refractivity contribution < 1.29 is 0 Å². The Hall–Kier alpha value is 0.170. The van der Waals surface area contributed by atoms with Gasteiger partial charge in [0.15, 0.2) is 0 Å². The van der Waals surface area contributed by atoms with Crippen LogP contribution in [-0.2, 0) is 13.0 Å². The molecule has 16 heavy (non-hydrogen) atoms. The Bertz CT molecular complexity index is 392. The van der Waals surface area contributed by atoms with E-state index >= 15 is 0 Å². The largest absolute Gasteiger partial charge is 0.268 e. The third-order valence-electron chi connectivity index (χ3n) is 3.71. The lowest BCUT2D eigenvalue weighted by atomic mass is 9.97. The van der Waals surface area contributed by atoms with E-state index < -0.39 is 0 Å². The Morgan fingerprint density at radius 3 is 2.56 bits per heavy atom. The van der Waals surface area contributed by atoms with Crippen LogP contribution in [0.15, 0.2) is 4.47 Å². The van der Waals surface area contributed by atoms with Crippen molar-refractivity contribution >= 4 is 31.9 Å². The molecule has 0 radical (unpaired) electrons. The molecule has 0 bridgehead atoms. The lowest BCUT2D eigenvalue weighted by Crippen LogP contribution is -2.18. The highest BCUT2D eigenvalue weighted by molar-refractivity contribution is 9.10. The first-order valence-corrected chi connectivity index (χ1v) is 7.57. The number of aryl methyl sites for hydroxylation is 2. The molecule has 1 unspecified atom stereocenters. The van der Waals surface area contributed by atoms with E-state index in [0.717, 1.165) is 18.7 Å². The van der Waals surface area contributed by atoms with E-state index in [0.29, 0.717) is 10.2 Å². The highest BCUT2D eigenvalue weighted by Crippen LogP contribution is 2.54. The first-order chi connectivity index (χ1) is 7.50. The third-order valence-corrected chi connectivity index (χ3v) is 5.71. The molecule has 1 aromatic heterocycles. The predicted octanol–water partition coefficient (Wildman–Crippen LogP) is 4.08. The summed E-state index contributed by atoms with van der Waals surface area (Å²) in [6.45, 7) is 7.44. The van der Waals surface area contributed by atoms with Crippen LogP contribution in [0, 0.1) is 12.3 Å². The van der Waals surface area contributed by atoms with Crippen LogP contribution in [0.25, 0.3) is 0 Å². The lowest BCUT2D eigenvalue weighted by Gasteiger charge is -2.18. The molecule has 1 heterocycles. The highest BCUT2D eigenvalue weighted by atomic mass is 79.9. The van der Waals surface area contributed by atoms with Crippen molar-refractivity contribution in [2.75, 3.05) is 0 Å². The summed E-state index contributed by atoms with van der Waals surface area (Å²) in [5.74, 6) is 0. The van der Waals surface area contributed by atoms with Crippen LogP contribution >= 0.6 is 31.9 Å². The number of rotatable bonds is 4. The van der Waals surface area contributed by atoms with Crippen molar-refractivity contribution in [2.24, 2.45) is 5.41 Å². The maximum Gasteiger partial charge on any atom is 0.0738 e. The molecule has 1 saturated carbocycles. The van der Waals surface area contributed by atoms with Crippen molar-refractivity contribution in [1.29, 1.82) is 0 Å². The second-order valence-corrected chi connectivity index (χ2v) is 6.98. The van der Waals surface area contributed by atoms with Crippen LogP contribution < -0.4 is 0 Å². The summed E-state index contributed by atoms with van der Waals surface area (Å²) in [5.41, 5.74) is 2.95. The Morgan fingerprint density at radius 2 is 2.12 bits per heavy atom. The smallest absolute Gasteiger partial charge is 0.0738 e. The Kier molecular flexibility index (Phi) is 3.51. The number of hydrogen-bond donors (Lipinski definition) is 0. The van der Waals surface area contributed by atoms with Gasteiger partial charge < -0.3 is 0 Å². The van der Waals surface area contributed by atoms with E-state index in [9.17, 15) is 0 Å². The standard InChI is InChI=1S/C12H18Br2N2/c1-4-16-10(11(14)8(2)15-16)7-12(5-6-12)9(3)13/h9H,4-7H2,1-3H3. The Labute approximate surface area is 114 Å². The van der Waals surface area contributed by atoms with Gasteiger partial charge in [-0.1, -0.05) is 22.9 Å². The fourth-order valence-corrected chi connectivity index (χ4v) is 3.29. The van der Waals surface area contributed by atoms with Gasteiger partial charge in [0.2, 0.25) is 0 Å². The van der Waals surface area contributed by atoms with E-state index in [1.165, 1.54) is 23.0 Å². The summed E-state index contributed by atoms with van der Waals surface area (Å²) >= 11 is 7.42. The molecule has 1 aliphatic rings. The van der Waals surface area contributed by atoms with Gasteiger partial charge in [-0.05, 0) is 54.5 Å². The van der Waals surface area contributed by atoms with Crippen LogP contribution in [0.5, 0.6) is 0 Å². The molecule has 1 fully saturated rings. The summed E-state index contributed by atoms with van der Waals surface area (Å²) in [7, 11) is 0. The summed E-state index contributed by atoms with van der Waals surface area (Å²) in [4.78, 5) is 0.590. The SMILES string of the molecule is CCn1nc(C)c(Br)c1CC1(C(C)Br)CC1. The molecule has 0 aliphatic heterocycles. The van der Waals surface area contributed by atoms with Gasteiger partial charge in [0.05, 0.1) is 15.9 Å². The molecule has 0 saturated heterocycles. The molecule has 1 aliphatic carbocycles. The quantitative estimate of drug-likeness (QED) is 0.749. The van der Waals surface area contributed by atoms with Crippen molar-refractivity contribution in [3.8, 4) is 0 Å². The van der Waals surface area contributed by atoms with Crippen LogP contribution in [-0.4, -0.2) is 14.6 Å². The summed E-state index contributed by atoms with van der Waals surface area (Å²) < 4.78 is 3.34. The van der Waals surface area contributed by atoms with Gasteiger partial charge in [0.25, 0.3) is 0 Å². The van der Waals surface area contributed by atoms with Gasteiger partial charge in [0, 0.05) is 11.4 Å². The molecule has 0 N–H and O–H groups in total. The molecule has 2 rings (SSSR count). The number of nitrogens with zero attached hydrogens (tertiary/aromatic N) is 2. The van der Waals surface area contributed by atoms with Crippen LogP contribution in [0.3, 0.4) is 0 Å². The molecule has 1 atom stereocenters. The van der Waals surface area contributed by atoms with Crippen molar-refractivity contribution in [2.45, 2.75) is 51.4 Å². The third kappa shape index (κ3) is 2.10. The Morgan fingerprint density at radius 1 is 1.50 bits per heavy atom. The molecule has 2 nitrogen and oxygen atoms in total. The van der Waals surface area contributed by atoms with Gasteiger partial charge in [-0.3, -0.25) is 4.68 Å². The van der Waals surface area contributed by atoms with Crippen LogP contribution in [0.1, 0.15) is 38.1 Å². The topological polar surface area (TPSA) is 17.8 Å². The number of aromatic nitrogens is 2. The molecule has 0 spiro atoms. The average Bonchev–Trinajstić information content (AvgIpc) is 2.97. The second-order valence-electron chi connectivity index (χ2n) is 4.82. The van der Waals surface area contributed by atoms with Gasteiger partial charge >= 0.3 is 0 Å². The number of hydrogen-bond acceptors (Lipinski definition) is 1. The zero-order valence-electron chi connectivity index (χ0n) is 10.1. The van der Waals surface area contributed by atoms with Gasteiger partial charge in [-0.15, -0.1) is 0 Å². The summed E-state index contributed by atoms with van der Waals surface area (Å²) in [5, 5.41) is 4.55. The van der Waals surface area contributed by atoms with Gasteiger partial charge in [-0.2, -0.15) is 5.10 Å². The van der Waals surface area contributed by atoms with Crippen molar-refractivity contribution in [3.05, 3.63) is 15.9 Å². The van der Waals surface area contributed by atoms with Crippen LogP contribution in [0.2, 0.25) is 0 Å². The molecule has 4 heteroatoms. The van der Waals surface area contributed by atoms with E-state index in [2.05, 4.69) is 62.4 Å². The minimum atomic E-state index is 0.474. The molecule has 0 amide bonds. The highest BCUT2D eigenvalue weighted by Gasteiger charge is 2.47. The molecule has 90 valence electrons.